The molecule has 0 aromatic carbocycles. The molecule has 5 nitrogen and oxygen atoms in total. The first-order chi connectivity index (χ1) is 9.63. The fourth-order valence-corrected chi connectivity index (χ4v) is 3.02. The van der Waals surface area contributed by atoms with Gasteiger partial charge in [-0.1, -0.05) is 6.92 Å². The van der Waals surface area contributed by atoms with E-state index in [1.807, 2.05) is 25.0 Å². The average molecular weight is 300 g/mol. The van der Waals surface area contributed by atoms with E-state index in [1.165, 1.54) is 12.2 Å². The van der Waals surface area contributed by atoms with Crippen molar-refractivity contribution in [2.45, 2.75) is 25.9 Å². The van der Waals surface area contributed by atoms with E-state index in [4.69, 9.17) is 4.74 Å². The third kappa shape index (κ3) is 5.00. The maximum absolute atomic E-state index is 5.48. The van der Waals surface area contributed by atoms with E-state index in [9.17, 15) is 0 Å². The summed E-state index contributed by atoms with van der Waals surface area (Å²) in [5.41, 5.74) is 1.15. The lowest BCUT2D eigenvalue weighted by Gasteiger charge is -2.20. The molecule has 0 saturated heterocycles. The minimum atomic E-state index is 0.270. The molecule has 1 aromatic rings. The molecule has 0 amide bonds. The zero-order chi connectivity index (χ0) is 15.0. The van der Waals surface area contributed by atoms with Gasteiger partial charge in [-0.3, -0.25) is 4.68 Å². The number of aromatic nitrogens is 2. The smallest absolute Gasteiger partial charge is 0.161 e. The quantitative estimate of drug-likeness (QED) is 0.668. The molecule has 0 saturated carbocycles. The van der Waals surface area contributed by atoms with Crippen LogP contribution in [0.5, 0.6) is 5.75 Å². The van der Waals surface area contributed by atoms with Crippen molar-refractivity contribution in [3.05, 3.63) is 11.9 Å². The van der Waals surface area contributed by atoms with Gasteiger partial charge in [0, 0.05) is 12.3 Å². The molecular formula is C14H28N4OS. The van der Waals surface area contributed by atoms with Crippen molar-refractivity contribution >= 4 is 11.8 Å². The number of nitrogens with one attached hydrogen (secondary N) is 1. The van der Waals surface area contributed by atoms with Crippen molar-refractivity contribution in [2.75, 3.05) is 46.3 Å². The molecule has 0 radical (unpaired) electrons. The van der Waals surface area contributed by atoms with E-state index in [2.05, 4.69) is 41.0 Å². The lowest BCUT2D eigenvalue weighted by Crippen LogP contribution is -2.26. The Kier molecular flexibility index (Phi) is 8.02. The van der Waals surface area contributed by atoms with Crippen molar-refractivity contribution in [3.63, 3.8) is 0 Å². The molecule has 0 aliphatic carbocycles. The number of nitrogens with zero attached hydrogens (tertiary/aromatic N) is 3. The van der Waals surface area contributed by atoms with Crippen LogP contribution in [0.3, 0.4) is 0 Å². The molecule has 1 heterocycles. The molecular weight excluding hydrogens is 272 g/mol. The first kappa shape index (κ1) is 17.3. The number of likely N-dealkylation sites (N-methyl/N-ethyl adjacent to an activating group) is 1. The summed E-state index contributed by atoms with van der Waals surface area (Å²) < 4.78 is 7.54. The number of hydrogen-bond acceptors (Lipinski definition) is 5. The molecule has 0 aliphatic rings. The van der Waals surface area contributed by atoms with Gasteiger partial charge in [0.1, 0.15) is 0 Å². The third-order valence-corrected chi connectivity index (χ3v) is 4.40. The van der Waals surface area contributed by atoms with Gasteiger partial charge in [0.25, 0.3) is 0 Å². The molecule has 0 aliphatic heterocycles. The Balaban J connectivity index is 2.83. The van der Waals surface area contributed by atoms with Crippen LogP contribution < -0.4 is 10.1 Å². The second-order valence-corrected chi connectivity index (χ2v) is 6.19. The summed E-state index contributed by atoms with van der Waals surface area (Å²) in [5.74, 6) is 3.10. The van der Waals surface area contributed by atoms with Gasteiger partial charge >= 0.3 is 0 Å². The van der Waals surface area contributed by atoms with E-state index >= 15 is 0 Å². The fourth-order valence-electron chi connectivity index (χ4n) is 2.00. The van der Waals surface area contributed by atoms with Gasteiger partial charge in [-0.15, -0.1) is 0 Å². The van der Waals surface area contributed by atoms with Gasteiger partial charge in [-0.2, -0.15) is 16.9 Å². The van der Waals surface area contributed by atoms with Crippen LogP contribution >= 0.6 is 11.8 Å². The van der Waals surface area contributed by atoms with Crippen LogP contribution in [-0.4, -0.2) is 61.0 Å². The molecule has 1 rings (SSSR count). The second kappa shape index (κ2) is 9.26. The van der Waals surface area contributed by atoms with Crippen molar-refractivity contribution in [2.24, 2.45) is 0 Å². The monoisotopic (exact) mass is 300 g/mol. The summed E-state index contributed by atoms with van der Waals surface area (Å²) in [7, 11) is 7.86. The molecule has 0 fully saturated rings. The van der Waals surface area contributed by atoms with E-state index in [0.717, 1.165) is 30.3 Å². The molecule has 1 atom stereocenters. The van der Waals surface area contributed by atoms with E-state index in [1.54, 1.807) is 7.11 Å². The molecule has 6 heteroatoms. The minimum Gasteiger partial charge on any atom is -0.493 e. The lowest BCUT2D eigenvalue weighted by molar-refractivity contribution is 0.359. The van der Waals surface area contributed by atoms with Gasteiger partial charge in [0.15, 0.2) is 5.75 Å². The normalized spacial score (nSPS) is 12.9. The van der Waals surface area contributed by atoms with E-state index < -0.39 is 0 Å². The summed E-state index contributed by atoms with van der Waals surface area (Å²) in [5, 5.41) is 7.86. The Bertz CT molecular complexity index is 381. The highest BCUT2D eigenvalue weighted by atomic mass is 32.2. The van der Waals surface area contributed by atoms with Crippen LogP contribution in [0.1, 0.15) is 25.1 Å². The highest BCUT2D eigenvalue weighted by Crippen LogP contribution is 2.27. The van der Waals surface area contributed by atoms with Crippen LogP contribution in [0.15, 0.2) is 6.20 Å². The van der Waals surface area contributed by atoms with Gasteiger partial charge in [0.05, 0.1) is 31.6 Å². The highest BCUT2D eigenvalue weighted by Gasteiger charge is 2.20. The van der Waals surface area contributed by atoms with Gasteiger partial charge in [-0.25, -0.2) is 0 Å². The summed E-state index contributed by atoms with van der Waals surface area (Å²) in [4.78, 5) is 2.16. The van der Waals surface area contributed by atoms with E-state index in [0.29, 0.717) is 0 Å². The molecule has 0 bridgehead atoms. The Labute approximate surface area is 127 Å². The Morgan fingerprint density at radius 3 is 2.80 bits per heavy atom. The number of thioether (sulfide) groups is 1. The van der Waals surface area contributed by atoms with Crippen molar-refractivity contribution in [3.8, 4) is 5.75 Å². The zero-order valence-corrected chi connectivity index (χ0v) is 14.2. The minimum absolute atomic E-state index is 0.270. The topological polar surface area (TPSA) is 42.3 Å². The van der Waals surface area contributed by atoms with Crippen molar-refractivity contribution in [1.82, 2.24) is 20.0 Å². The standard InChI is InChI=1S/C14H28N4OS/c1-6-9-20-11-12(15-2)14-13(19-5)10-16-18(14)8-7-17(3)4/h10,12,15H,6-9,11H2,1-5H3. The Hall–Kier alpha value is -0.720. The van der Waals surface area contributed by atoms with Gasteiger partial charge in [-0.05, 0) is 33.3 Å². The van der Waals surface area contributed by atoms with E-state index in [-0.39, 0.29) is 6.04 Å². The molecule has 116 valence electrons. The van der Waals surface area contributed by atoms with Crippen LogP contribution in [0.2, 0.25) is 0 Å². The van der Waals surface area contributed by atoms with Gasteiger partial charge in [0.2, 0.25) is 0 Å². The molecule has 0 spiro atoms. The maximum Gasteiger partial charge on any atom is 0.161 e. The van der Waals surface area contributed by atoms with Crippen LogP contribution in [0.25, 0.3) is 0 Å². The zero-order valence-electron chi connectivity index (χ0n) is 13.3. The predicted molar refractivity (Wildman–Crippen MR) is 86.7 cm³/mol. The van der Waals surface area contributed by atoms with Crippen LogP contribution in [0.4, 0.5) is 0 Å². The maximum atomic E-state index is 5.48. The van der Waals surface area contributed by atoms with Gasteiger partial charge < -0.3 is 15.0 Å². The lowest BCUT2D eigenvalue weighted by atomic mass is 10.2. The van der Waals surface area contributed by atoms with Crippen LogP contribution in [0, 0.1) is 0 Å². The molecule has 1 unspecified atom stereocenters. The second-order valence-electron chi connectivity index (χ2n) is 5.04. The predicted octanol–water partition coefficient (Wildman–Crippen LogP) is 1.86. The summed E-state index contributed by atoms with van der Waals surface area (Å²) >= 11 is 1.97. The number of rotatable bonds is 10. The Morgan fingerprint density at radius 2 is 2.25 bits per heavy atom. The molecule has 1 aromatic heterocycles. The average Bonchev–Trinajstić information content (AvgIpc) is 2.84. The summed E-state index contributed by atoms with van der Waals surface area (Å²) in [6.07, 6.45) is 3.03. The highest BCUT2D eigenvalue weighted by molar-refractivity contribution is 7.99. The largest absolute Gasteiger partial charge is 0.493 e. The number of hydrogen-bond donors (Lipinski definition) is 1. The first-order valence-electron chi connectivity index (χ1n) is 7.13. The first-order valence-corrected chi connectivity index (χ1v) is 8.28. The SMILES string of the molecule is CCCSCC(NC)c1c(OC)cnn1CCN(C)C. The fraction of sp³-hybridized carbons (Fsp3) is 0.786. The number of ether oxygens (including phenoxy) is 1. The molecule has 20 heavy (non-hydrogen) atoms. The summed E-state index contributed by atoms with van der Waals surface area (Å²) in [6.45, 7) is 4.06. The molecule has 1 N–H and O–H groups in total. The third-order valence-electron chi connectivity index (χ3n) is 3.14. The summed E-state index contributed by atoms with van der Waals surface area (Å²) in [6, 6.07) is 0.270. The van der Waals surface area contributed by atoms with Crippen LogP contribution in [-0.2, 0) is 6.54 Å². The Morgan fingerprint density at radius 1 is 1.50 bits per heavy atom. The number of methoxy groups -OCH3 is 1. The van der Waals surface area contributed by atoms with Crippen molar-refractivity contribution < 1.29 is 4.74 Å². The van der Waals surface area contributed by atoms with Crippen molar-refractivity contribution in [1.29, 1.82) is 0 Å².